The molecule has 0 saturated carbocycles. The molecule has 0 atom stereocenters. The number of carbonyl (C=O) groups is 2. The van der Waals surface area contributed by atoms with Gasteiger partial charge in [0.2, 0.25) is 0 Å². The van der Waals surface area contributed by atoms with Gasteiger partial charge in [0.05, 0.1) is 16.7 Å². The first-order valence-corrected chi connectivity index (χ1v) is 10.5. The second-order valence-corrected chi connectivity index (χ2v) is 9.01. The SMILES string of the molecule is CC(C)(C)n1nc(-c2ccc(NC(=O)Nc3cc(C(F)(F)F)cc(C(F)(F)F)c3)cc2)c(C(N)=O)c1N. The number of nitrogen functional groups attached to an aromatic ring is 1. The Hall–Kier alpha value is -4.23. The Kier molecular flexibility index (Phi) is 6.90. The summed E-state index contributed by atoms with van der Waals surface area (Å²) in [6, 6.07) is 5.37. The molecule has 6 N–H and O–H groups in total. The Morgan fingerprint density at radius 3 is 1.76 bits per heavy atom. The summed E-state index contributed by atoms with van der Waals surface area (Å²) in [5, 5.41) is 8.66. The van der Waals surface area contributed by atoms with Gasteiger partial charge in [-0.05, 0) is 51.1 Å². The van der Waals surface area contributed by atoms with E-state index in [2.05, 4.69) is 10.4 Å². The van der Waals surface area contributed by atoms with E-state index in [-0.39, 0.29) is 28.8 Å². The van der Waals surface area contributed by atoms with Gasteiger partial charge in [0.15, 0.2) is 0 Å². The first kappa shape index (κ1) is 27.4. The summed E-state index contributed by atoms with van der Waals surface area (Å²) >= 11 is 0. The fraction of sp³-hybridized carbons (Fsp3) is 0.261. The number of anilines is 3. The predicted octanol–water partition coefficient (Wildman–Crippen LogP) is 5.67. The maximum atomic E-state index is 13.0. The van der Waals surface area contributed by atoms with Gasteiger partial charge < -0.3 is 22.1 Å². The molecule has 0 spiro atoms. The number of nitrogens with zero attached hydrogens (tertiary/aromatic N) is 2. The number of rotatable bonds is 4. The molecule has 3 aromatic rings. The predicted molar refractivity (Wildman–Crippen MR) is 125 cm³/mol. The number of amides is 3. The van der Waals surface area contributed by atoms with Crippen molar-refractivity contribution in [3.63, 3.8) is 0 Å². The van der Waals surface area contributed by atoms with Crippen LogP contribution in [0.25, 0.3) is 11.3 Å². The van der Waals surface area contributed by atoms with Gasteiger partial charge in [-0.15, -0.1) is 0 Å². The molecule has 1 aromatic heterocycles. The molecule has 0 bridgehead atoms. The fourth-order valence-corrected chi connectivity index (χ4v) is 3.42. The highest BCUT2D eigenvalue weighted by Gasteiger charge is 2.37. The standard InChI is InChI=1S/C23H22F6N6O2/c1-21(2,3)35-18(30)16(19(31)36)17(34-35)11-4-6-14(7-5-11)32-20(37)33-15-9-12(22(24,25)26)8-13(10-15)23(27,28)29/h4-10H,30H2,1-3H3,(H2,31,36)(H2,32,33,37). The van der Waals surface area contributed by atoms with Crippen molar-refractivity contribution in [2.24, 2.45) is 5.73 Å². The largest absolute Gasteiger partial charge is 0.416 e. The van der Waals surface area contributed by atoms with Crippen molar-refractivity contribution in [3.8, 4) is 11.3 Å². The second-order valence-electron chi connectivity index (χ2n) is 9.01. The molecule has 1 heterocycles. The van der Waals surface area contributed by atoms with Crippen LogP contribution in [0, 0.1) is 0 Å². The van der Waals surface area contributed by atoms with Crippen LogP contribution in [0.4, 0.5) is 48.3 Å². The summed E-state index contributed by atoms with van der Waals surface area (Å²) in [5.41, 5.74) is 7.89. The third-order valence-electron chi connectivity index (χ3n) is 5.06. The maximum Gasteiger partial charge on any atom is 0.416 e. The van der Waals surface area contributed by atoms with Crippen molar-refractivity contribution in [3.05, 3.63) is 59.2 Å². The van der Waals surface area contributed by atoms with Crippen molar-refractivity contribution in [1.29, 1.82) is 0 Å². The molecule has 14 heteroatoms. The quantitative estimate of drug-likeness (QED) is 0.326. The number of nitrogens with one attached hydrogen (secondary N) is 2. The molecule has 0 aliphatic carbocycles. The van der Waals surface area contributed by atoms with E-state index in [4.69, 9.17) is 11.5 Å². The van der Waals surface area contributed by atoms with Gasteiger partial charge in [-0.3, -0.25) is 4.79 Å². The second kappa shape index (κ2) is 9.33. The Morgan fingerprint density at radius 2 is 1.32 bits per heavy atom. The Morgan fingerprint density at radius 1 is 0.838 bits per heavy atom. The Bertz CT molecular complexity index is 1310. The molecule has 198 valence electrons. The van der Waals surface area contributed by atoms with E-state index in [1.165, 1.54) is 28.9 Å². The fourth-order valence-electron chi connectivity index (χ4n) is 3.42. The monoisotopic (exact) mass is 528 g/mol. The zero-order valence-electron chi connectivity index (χ0n) is 19.7. The molecule has 0 saturated heterocycles. The topological polar surface area (TPSA) is 128 Å². The summed E-state index contributed by atoms with van der Waals surface area (Å²) in [5.74, 6) is -0.736. The average Bonchev–Trinajstić information content (AvgIpc) is 3.10. The molecule has 3 rings (SSSR count). The maximum absolute atomic E-state index is 13.0. The zero-order valence-corrected chi connectivity index (χ0v) is 19.7. The van der Waals surface area contributed by atoms with Gasteiger partial charge in [-0.1, -0.05) is 12.1 Å². The summed E-state index contributed by atoms with van der Waals surface area (Å²) < 4.78 is 79.6. The number of aromatic nitrogens is 2. The molecule has 0 aliphatic rings. The van der Waals surface area contributed by atoms with E-state index in [1.54, 1.807) is 0 Å². The summed E-state index contributed by atoms with van der Waals surface area (Å²) in [4.78, 5) is 24.3. The lowest BCUT2D eigenvalue weighted by molar-refractivity contribution is -0.143. The lowest BCUT2D eigenvalue weighted by Crippen LogP contribution is -2.25. The van der Waals surface area contributed by atoms with Crippen molar-refractivity contribution >= 4 is 29.1 Å². The number of carbonyl (C=O) groups excluding carboxylic acids is 2. The minimum absolute atomic E-state index is 0.00149. The zero-order chi connectivity index (χ0) is 27.9. The molecule has 37 heavy (non-hydrogen) atoms. The Balaban J connectivity index is 1.84. The molecule has 0 radical (unpaired) electrons. The minimum Gasteiger partial charge on any atom is -0.383 e. The highest BCUT2D eigenvalue weighted by atomic mass is 19.4. The average molecular weight is 528 g/mol. The summed E-state index contributed by atoms with van der Waals surface area (Å²) in [6.45, 7) is 5.45. The number of hydrogen-bond acceptors (Lipinski definition) is 4. The number of nitrogens with two attached hydrogens (primary N) is 2. The molecular weight excluding hydrogens is 506 g/mol. The van der Waals surface area contributed by atoms with E-state index >= 15 is 0 Å². The lowest BCUT2D eigenvalue weighted by Gasteiger charge is -2.20. The number of urea groups is 1. The van der Waals surface area contributed by atoms with Crippen LogP contribution in [-0.2, 0) is 17.9 Å². The van der Waals surface area contributed by atoms with E-state index in [0.717, 1.165) is 0 Å². The van der Waals surface area contributed by atoms with Gasteiger partial charge >= 0.3 is 18.4 Å². The summed E-state index contributed by atoms with van der Waals surface area (Å²) in [7, 11) is 0. The van der Waals surface area contributed by atoms with E-state index in [0.29, 0.717) is 17.7 Å². The molecule has 0 unspecified atom stereocenters. The molecular formula is C23H22F6N6O2. The van der Waals surface area contributed by atoms with Crippen molar-refractivity contribution < 1.29 is 35.9 Å². The molecule has 0 aliphatic heterocycles. The first-order valence-electron chi connectivity index (χ1n) is 10.5. The first-order chi connectivity index (χ1) is 16.9. The van der Waals surface area contributed by atoms with Crippen LogP contribution in [0.1, 0.15) is 42.3 Å². The van der Waals surface area contributed by atoms with Crippen LogP contribution >= 0.6 is 0 Å². The van der Waals surface area contributed by atoms with Crippen LogP contribution in [0.3, 0.4) is 0 Å². The third-order valence-corrected chi connectivity index (χ3v) is 5.06. The lowest BCUT2D eigenvalue weighted by atomic mass is 10.1. The van der Waals surface area contributed by atoms with Crippen LogP contribution in [0.2, 0.25) is 0 Å². The smallest absolute Gasteiger partial charge is 0.383 e. The van der Waals surface area contributed by atoms with Crippen molar-refractivity contribution in [2.75, 3.05) is 16.4 Å². The normalized spacial score (nSPS) is 12.4. The number of benzene rings is 2. The number of alkyl halides is 6. The van der Waals surface area contributed by atoms with Gasteiger partial charge in [-0.2, -0.15) is 31.4 Å². The third kappa shape index (κ3) is 6.13. The Labute approximate surface area is 206 Å². The van der Waals surface area contributed by atoms with Crippen LogP contribution in [0.5, 0.6) is 0 Å². The molecule has 0 fully saturated rings. The molecule has 2 aromatic carbocycles. The van der Waals surface area contributed by atoms with E-state index < -0.39 is 46.6 Å². The molecule has 8 nitrogen and oxygen atoms in total. The molecule has 3 amide bonds. The van der Waals surface area contributed by atoms with Crippen LogP contribution in [0.15, 0.2) is 42.5 Å². The van der Waals surface area contributed by atoms with Gasteiger partial charge in [0.1, 0.15) is 17.1 Å². The number of halogens is 6. The van der Waals surface area contributed by atoms with Gasteiger partial charge in [-0.25, -0.2) is 9.48 Å². The summed E-state index contributed by atoms with van der Waals surface area (Å²) in [6.07, 6.45) is -10.1. The van der Waals surface area contributed by atoms with Crippen molar-refractivity contribution in [2.45, 2.75) is 38.7 Å². The van der Waals surface area contributed by atoms with Gasteiger partial charge in [0.25, 0.3) is 5.91 Å². The van der Waals surface area contributed by atoms with Crippen LogP contribution < -0.4 is 22.1 Å². The highest BCUT2D eigenvalue weighted by molar-refractivity contribution is 6.03. The highest BCUT2D eigenvalue weighted by Crippen LogP contribution is 2.37. The van der Waals surface area contributed by atoms with Crippen molar-refractivity contribution in [1.82, 2.24) is 9.78 Å². The minimum atomic E-state index is -5.06. The van der Waals surface area contributed by atoms with E-state index in [1.807, 2.05) is 26.1 Å². The van der Waals surface area contributed by atoms with Crippen LogP contribution in [-0.4, -0.2) is 21.7 Å². The number of primary amides is 1. The van der Waals surface area contributed by atoms with E-state index in [9.17, 15) is 35.9 Å². The van der Waals surface area contributed by atoms with Gasteiger partial charge in [0, 0.05) is 16.9 Å². The number of hydrogen-bond donors (Lipinski definition) is 4.